The van der Waals surface area contributed by atoms with Crippen LogP contribution >= 0.6 is 12.6 Å². The first-order valence-corrected chi connectivity index (χ1v) is 6.46. The first-order chi connectivity index (χ1) is 9.26. The molecule has 0 rings (SSSR count). The Hall–Kier alpha value is -1.77. The van der Waals surface area contributed by atoms with Gasteiger partial charge in [-0.05, 0) is 18.1 Å². The second-order valence-corrected chi connectivity index (χ2v) is 4.68. The quantitative estimate of drug-likeness (QED) is 0.353. The van der Waals surface area contributed by atoms with E-state index in [9.17, 15) is 19.2 Å². The molecule has 20 heavy (non-hydrogen) atoms. The van der Waals surface area contributed by atoms with Gasteiger partial charge in [-0.2, -0.15) is 12.6 Å². The van der Waals surface area contributed by atoms with Crippen molar-refractivity contribution >= 4 is 36.4 Å². The smallest absolute Gasteiger partial charge is 0.326 e. The standard InChI is InChI=1S/C11H17NO7S/c13-8(12-7(1-2-20)11(18)19)3-6(4-9(14)15)5-10(16)17/h6-7,20H,1-5H2,(H,12,13)(H,14,15)(H,16,17)(H,18,19)/t7-/m0/s1. The van der Waals surface area contributed by atoms with Gasteiger partial charge >= 0.3 is 17.9 Å². The molecule has 0 aromatic heterocycles. The monoisotopic (exact) mass is 307 g/mol. The highest BCUT2D eigenvalue weighted by Gasteiger charge is 2.24. The van der Waals surface area contributed by atoms with Crippen LogP contribution in [0.1, 0.15) is 25.7 Å². The van der Waals surface area contributed by atoms with Gasteiger partial charge in [0, 0.05) is 19.3 Å². The van der Waals surface area contributed by atoms with E-state index < -0.39 is 48.6 Å². The third-order valence-corrected chi connectivity index (χ3v) is 2.71. The van der Waals surface area contributed by atoms with Crippen LogP contribution in [0.5, 0.6) is 0 Å². The van der Waals surface area contributed by atoms with E-state index in [2.05, 4.69) is 17.9 Å². The van der Waals surface area contributed by atoms with Gasteiger partial charge in [-0.3, -0.25) is 14.4 Å². The van der Waals surface area contributed by atoms with Gasteiger partial charge in [-0.15, -0.1) is 0 Å². The fourth-order valence-corrected chi connectivity index (χ4v) is 1.87. The molecule has 0 aromatic carbocycles. The number of carbonyl (C=O) groups excluding carboxylic acids is 1. The van der Waals surface area contributed by atoms with Crippen molar-refractivity contribution in [3.05, 3.63) is 0 Å². The minimum Gasteiger partial charge on any atom is -0.481 e. The molecule has 0 unspecified atom stereocenters. The normalized spacial score (nSPS) is 11.9. The Kier molecular flexibility index (Phi) is 8.37. The number of carboxylic acid groups (broad SMARTS) is 3. The van der Waals surface area contributed by atoms with Crippen molar-refractivity contribution in [1.82, 2.24) is 5.32 Å². The average Bonchev–Trinajstić information content (AvgIpc) is 2.25. The van der Waals surface area contributed by atoms with Crippen LogP contribution in [0.3, 0.4) is 0 Å². The van der Waals surface area contributed by atoms with Crippen LogP contribution < -0.4 is 5.32 Å². The van der Waals surface area contributed by atoms with Gasteiger partial charge in [-0.25, -0.2) is 4.79 Å². The molecule has 114 valence electrons. The average molecular weight is 307 g/mol. The number of rotatable bonds is 10. The minimum atomic E-state index is -1.22. The van der Waals surface area contributed by atoms with E-state index in [4.69, 9.17) is 15.3 Å². The third kappa shape index (κ3) is 8.35. The summed E-state index contributed by atoms with van der Waals surface area (Å²) < 4.78 is 0. The molecule has 1 atom stereocenters. The predicted octanol–water partition coefficient (Wildman–Crippen LogP) is -0.169. The van der Waals surface area contributed by atoms with Gasteiger partial charge in [0.2, 0.25) is 5.91 Å². The highest BCUT2D eigenvalue weighted by molar-refractivity contribution is 7.80. The number of nitrogens with one attached hydrogen (secondary N) is 1. The maximum Gasteiger partial charge on any atom is 0.326 e. The lowest BCUT2D eigenvalue weighted by atomic mass is 9.97. The first-order valence-electron chi connectivity index (χ1n) is 5.82. The van der Waals surface area contributed by atoms with Crippen molar-refractivity contribution in [2.45, 2.75) is 31.7 Å². The third-order valence-electron chi connectivity index (χ3n) is 2.45. The van der Waals surface area contributed by atoms with Crippen LogP contribution in [-0.4, -0.2) is 50.9 Å². The summed E-state index contributed by atoms with van der Waals surface area (Å²) in [5.41, 5.74) is 0. The molecular weight excluding hydrogens is 290 g/mol. The van der Waals surface area contributed by atoms with E-state index >= 15 is 0 Å². The molecule has 0 aromatic rings. The van der Waals surface area contributed by atoms with Crippen molar-refractivity contribution in [2.75, 3.05) is 5.75 Å². The zero-order valence-corrected chi connectivity index (χ0v) is 11.5. The van der Waals surface area contributed by atoms with E-state index in [0.29, 0.717) is 0 Å². The molecule has 4 N–H and O–H groups in total. The van der Waals surface area contributed by atoms with E-state index in [1.165, 1.54) is 0 Å². The molecule has 0 heterocycles. The van der Waals surface area contributed by atoms with Gasteiger partial charge in [0.25, 0.3) is 0 Å². The SMILES string of the molecule is O=C(O)CC(CC(=O)O)CC(=O)N[C@@H](CCS)C(=O)O. The second-order valence-electron chi connectivity index (χ2n) is 4.24. The molecule has 0 aliphatic heterocycles. The molecule has 0 spiro atoms. The summed E-state index contributed by atoms with van der Waals surface area (Å²) in [4.78, 5) is 43.6. The minimum absolute atomic E-state index is 0.118. The van der Waals surface area contributed by atoms with Crippen molar-refractivity contribution in [3.63, 3.8) is 0 Å². The molecular formula is C11H17NO7S. The highest BCUT2D eigenvalue weighted by atomic mass is 32.1. The van der Waals surface area contributed by atoms with E-state index in [1.54, 1.807) is 0 Å². The lowest BCUT2D eigenvalue weighted by molar-refractivity contribution is -0.144. The summed E-state index contributed by atoms with van der Waals surface area (Å²) in [5.74, 6) is -4.96. The highest BCUT2D eigenvalue weighted by Crippen LogP contribution is 2.14. The molecule has 0 aliphatic rings. The number of hydrogen-bond acceptors (Lipinski definition) is 5. The number of thiol groups is 1. The van der Waals surface area contributed by atoms with Crippen LogP contribution in [0.15, 0.2) is 0 Å². The number of amides is 1. The maximum atomic E-state index is 11.6. The van der Waals surface area contributed by atoms with Crippen LogP contribution in [-0.2, 0) is 19.2 Å². The number of carbonyl (C=O) groups is 4. The van der Waals surface area contributed by atoms with Gasteiger partial charge in [0.1, 0.15) is 6.04 Å². The summed E-state index contributed by atoms with van der Waals surface area (Å²) in [5, 5.41) is 28.3. The summed E-state index contributed by atoms with van der Waals surface area (Å²) in [7, 11) is 0. The predicted molar refractivity (Wildman–Crippen MR) is 70.6 cm³/mol. The fourth-order valence-electron chi connectivity index (χ4n) is 1.61. The van der Waals surface area contributed by atoms with Crippen molar-refractivity contribution < 1.29 is 34.5 Å². The molecule has 0 fully saturated rings. The lowest BCUT2D eigenvalue weighted by Gasteiger charge is -2.16. The van der Waals surface area contributed by atoms with Crippen molar-refractivity contribution in [3.8, 4) is 0 Å². The number of carboxylic acids is 3. The molecule has 8 nitrogen and oxygen atoms in total. The zero-order valence-electron chi connectivity index (χ0n) is 10.6. The van der Waals surface area contributed by atoms with Gasteiger partial charge in [-0.1, -0.05) is 0 Å². The topological polar surface area (TPSA) is 141 Å². The molecule has 9 heteroatoms. The van der Waals surface area contributed by atoms with Crippen molar-refractivity contribution in [1.29, 1.82) is 0 Å². The summed E-state index contributed by atoms with van der Waals surface area (Å²) in [6.07, 6.45) is -1.17. The molecule has 1 amide bonds. The number of aliphatic carboxylic acids is 3. The zero-order chi connectivity index (χ0) is 15.7. The van der Waals surface area contributed by atoms with Crippen LogP contribution in [0.4, 0.5) is 0 Å². The van der Waals surface area contributed by atoms with E-state index in [1.807, 2.05) is 0 Å². The number of hydrogen-bond donors (Lipinski definition) is 5. The largest absolute Gasteiger partial charge is 0.481 e. The Balaban J connectivity index is 4.53. The summed E-state index contributed by atoms with van der Waals surface area (Å²) >= 11 is 3.87. The summed E-state index contributed by atoms with van der Waals surface area (Å²) in [6.45, 7) is 0. The summed E-state index contributed by atoms with van der Waals surface area (Å²) in [6, 6.07) is -1.12. The Bertz CT molecular complexity index is 369. The maximum absolute atomic E-state index is 11.6. The fraction of sp³-hybridized carbons (Fsp3) is 0.636. The molecule has 0 aliphatic carbocycles. The molecule has 0 saturated carbocycles. The Morgan fingerprint density at radius 1 is 0.950 bits per heavy atom. The van der Waals surface area contributed by atoms with Gasteiger partial charge in [0.05, 0.1) is 0 Å². The molecule has 0 radical (unpaired) electrons. The van der Waals surface area contributed by atoms with E-state index in [0.717, 1.165) is 0 Å². The Labute approximate surface area is 120 Å². The Morgan fingerprint density at radius 2 is 1.45 bits per heavy atom. The molecule has 0 bridgehead atoms. The van der Waals surface area contributed by atoms with Crippen LogP contribution in [0, 0.1) is 5.92 Å². The van der Waals surface area contributed by atoms with Gasteiger partial charge < -0.3 is 20.6 Å². The Morgan fingerprint density at radius 3 is 1.80 bits per heavy atom. The second kappa shape index (κ2) is 9.18. The van der Waals surface area contributed by atoms with Crippen molar-refractivity contribution in [2.24, 2.45) is 5.92 Å². The molecule has 0 saturated heterocycles. The lowest BCUT2D eigenvalue weighted by Crippen LogP contribution is -2.41. The van der Waals surface area contributed by atoms with E-state index in [-0.39, 0.29) is 18.6 Å². The van der Waals surface area contributed by atoms with Gasteiger partial charge in [0.15, 0.2) is 0 Å². The van der Waals surface area contributed by atoms with Crippen LogP contribution in [0.2, 0.25) is 0 Å². The first kappa shape index (κ1) is 18.2. The van der Waals surface area contributed by atoms with Crippen LogP contribution in [0.25, 0.3) is 0 Å².